The fourth-order valence-corrected chi connectivity index (χ4v) is 2.73. The minimum Gasteiger partial charge on any atom is -0.481 e. The van der Waals surface area contributed by atoms with E-state index in [-0.39, 0.29) is 0 Å². The largest absolute Gasteiger partial charge is 0.481 e. The molecule has 0 heterocycles. The lowest BCUT2D eigenvalue weighted by Crippen LogP contribution is -2.30. The van der Waals surface area contributed by atoms with Crippen LogP contribution in [0, 0.1) is 23.7 Å². The highest BCUT2D eigenvalue weighted by Gasteiger charge is 2.33. The predicted molar refractivity (Wildman–Crippen MR) is 81.3 cm³/mol. The molecule has 2 aliphatic carbocycles. The number of aliphatic carboxylic acids is 4. The maximum atomic E-state index is 10.6. The van der Waals surface area contributed by atoms with Gasteiger partial charge >= 0.3 is 23.9 Å². The van der Waals surface area contributed by atoms with Gasteiger partial charge in [0.2, 0.25) is 0 Å². The summed E-state index contributed by atoms with van der Waals surface area (Å²) in [6, 6.07) is 0. The molecule has 0 aliphatic heterocycles. The van der Waals surface area contributed by atoms with E-state index in [9.17, 15) is 19.2 Å². The molecule has 4 N–H and O–H groups in total. The highest BCUT2D eigenvalue weighted by atomic mass is 16.4. The van der Waals surface area contributed by atoms with Crippen LogP contribution in [0.3, 0.4) is 0 Å². The summed E-state index contributed by atoms with van der Waals surface area (Å²) in [6.45, 7) is 0. The van der Waals surface area contributed by atoms with Crippen molar-refractivity contribution in [2.24, 2.45) is 23.7 Å². The second-order valence-electron chi connectivity index (χ2n) is 5.63. The summed E-state index contributed by atoms with van der Waals surface area (Å²) < 4.78 is 0. The Morgan fingerprint density at radius 1 is 0.625 bits per heavy atom. The lowest BCUT2D eigenvalue weighted by atomic mass is 9.84. The van der Waals surface area contributed by atoms with E-state index in [4.69, 9.17) is 20.4 Å². The summed E-state index contributed by atoms with van der Waals surface area (Å²) in [4.78, 5) is 42.3. The van der Waals surface area contributed by atoms with E-state index in [2.05, 4.69) is 0 Å². The Balaban J connectivity index is 0.000000240. The third-order valence-corrected chi connectivity index (χ3v) is 4.05. The van der Waals surface area contributed by atoms with Gasteiger partial charge in [-0.2, -0.15) is 0 Å². The Bertz CT molecular complexity index is 512. The van der Waals surface area contributed by atoms with Crippen molar-refractivity contribution in [1.82, 2.24) is 0 Å². The lowest BCUT2D eigenvalue weighted by molar-refractivity contribution is -0.152. The van der Waals surface area contributed by atoms with Gasteiger partial charge in [-0.05, 0) is 25.7 Å². The van der Waals surface area contributed by atoms with Gasteiger partial charge in [-0.1, -0.05) is 24.3 Å². The van der Waals surface area contributed by atoms with Gasteiger partial charge in [-0.15, -0.1) is 0 Å². The summed E-state index contributed by atoms with van der Waals surface area (Å²) in [5.74, 6) is -7.37. The number of carboxylic acids is 4. The molecule has 0 aromatic carbocycles. The molecule has 0 spiro atoms. The minimum absolute atomic E-state index is 0.419. The van der Waals surface area contributed by atoms with Gasteiger partial charge in [0.15, 0.2) is 0 Å². The van der Waals surface area contributed by atoms with Crippen molar-refractivity contribution < 1.29 is 39.6 Å². The Morgan fingerprint density at radius 2 is 0.958 bits per heavy atom. The van der Waals surface area contributed by atoms with E-state index in [1.54, 1.807) is 12.2 Å². The normalized spacial score (nSPS) is 28.3. The van der Waals surface area contributed by atoms with Crippen molar-refractivity contribution >= 4 is 23.9 Å². The Labute approximate surface area is 138 Å². The highest BCUT2D eigenvalue weighted by molar-refractivity contribution is 5.82. The molecule has 0 saturated carbocycles. The van der Waals surface area contributed by atoms with E-state index in [0.717, 1.165) is 0 Å². The fraction of sp³-hybridized carbons (Fsp3) is 0.500. The molecular formula is C16H20O8. The Morgan fingerprint density at radius 3 is 1.17 bits per heavy atom. The van der Waals surface area contributed by atoms with E-state index in [1.165, 1.54) is 12.2 Å². The summed E-state index contributed by atoms with van der Waals surface area (Å²) >= 11 is 0. The van der Waals surface area contributed by atoms with Crippen molar-refractivity contribution in [3.8, 4) is 0 Å². The summed E-state index contributed by atoms with van der Waals surface area (Å²) in [6.07, 6.45) is 8.51. The highest BCUT2D eigenvalue weighted by Crippen LogP contribution is 2.25. The number of carbonyl (C=O) groups is 4. The summed E-state index contributed by atoms with van der Waals surface area (Å²) in [5, 5.41) is 34.6. The molecule has 0 bridgehead atoms. The molecular weight excluding hydrogens is 320 g/mol. The number of rotatable bonds is 4. The summed E-state index contributed by atoms with van der Waals surface area (Å²) in [5.41, 5.74) is 0. The van der Waals surface area contributed by atoms with Crippen molar-refractivity contribution in [3.63, 3.8) is 0 Å². The molecule has 0 fully saturated rings. The third-order valence-electron chi connectivity index (χ3n) is 4.05. The molecule has 4 unspecified atom stereocenters. The zero-order valence-corrected chi connectivity index (χ0v) is 12.9. The van der Waals surface area contributed by atoms with Crippen molar-refractivity contribution in [1.29, 1.82) is 0 Å². The summed E-state index contributed by atoms with van der Waals surface area (Å²) in [7, 11) is 0. The average Bonchev–Trinajstić information content (AvgIpc) is 2.55. The van der Waals surface area contributed by atoms with Crippen LogP contribution in [0.5, 0.6) is 0 Å². The smallest absolute Gasteiger partial charge is 0.311 e. The molecule has 8 nitrogen and oxygen atoms in total. The van der Waals surface area contributed by atoms with Gasteiger partial charge in [-0.25, -0.2) is 0 Å². The van der Waals surface area contributed by atoms with Crippen LogP contribution in [0.2, 0.25) is 0 Å². The standard InChI is InChI=1S/2C8H10O4/c2*9-7(10)5-3-1-2-4-6(5)8(11)12/h2*1,3,5-6H,2,4H2,(H,9,10)(H,11,12). The van der Waals surface area contributed by atoms with Crippen LogP contribution in [0.25, 0.3) is 0 Å². The SMILES string of the molecule is O=C(O)C1C=CCCC1C(=O)O.O=C(O)C1C=CCCC1C(=O)O. The zero-order chi connectivity index (χ0) is 18.3. The molecule has 0 radical (unpaired) electrons. The third kappa shape index (κ3) is 5.22. The Hall–Kier alpha value is -2.64. The van der Waals surface area contributed by atoms with Crippen LogP contribution in [-0.4, -0.2) is 44.3 Å². The number of allylic oxidation sites excluding steroid dienone is 2. The fourth-order valence-electron chi connectivity index (χ4n) is 2.73. The van der Waals surface area contributed by atoms with Gasteiger partial charge in [0.1, 0.15) is 0 Å². The van der Waals surface area contributed by atoms with Gasteiger partial charge in [0.05, 0.1) is 23.7 Å². The van der Waals surface area contributed by atoms with Gasteiger partial charge in [0.25, 0.3) is 0 Å². The maximum absolute atomic E-state index is 10.6. The predicted octanol–water partition coefficient (Wildman–Crippen LogP) is 1.48. The molecule has 4 atom stereocenters. The van der Waals surface area contributed by atoms with E-state index >= 15 is 0 Å². The van der Waals surface area contributed by atoms with E-state index in [1.807, 2.05) is 0 Å². The minimum atomic E-state index is -1.06. The quantitative estimate of drug-likeness (QED) is 0.562. The van der Waals surface area contributed by atoms with E-state index < -0.39 is 47.5 Å². The van der Waals surface area contributed by atoms with Gasteiger partial charge in [0, 0.05) is 0 Å². The number of hydrogen-bond acceptors (Lipinski definition) is 4. The van der Waals surface area contributed by atoms with Crippen LogP contribution in [0.4, 0.5) is 0 Å². The monoisotopic (exact) mass is 340 g/mol. The first kappa shape index (κ1) is 19.4. The van der Waals surface area contributed by atoms with Gasteiger partial charge in [-0.3, -0.25) is 19.2 Å². The second kappa shape index (κ2) is 8.85. The van der Waals surface area contributed by atoms with Gasteiger partial charge < -0.3 is 20.4 Å². The zero-order valence-electron chi connectivity index (χ0n) is 12.9. The number of carboxylic acid groups (broad SMARTS) is 4. The second-order valence-corrected chi connectivity index (χ2v) is 5.63. The average molecular weight is 340 g/mol. The molecule has 0 amide bonds. The maximum Gasteiger partial charge on any atom is 0.311 e. The first-order valence-electron chi connectivity index (χ1n) is 7.50. The molecule has 0 aromatic heterocycles. The van der Waals surface area contributed by atoms with Crippen LogP contribution >= 0.6 is 0 Å². The molecule has 2 aliphatic rings. The number of hydrogen-bond donors (Lipinski definition) is 4. The molecule has 8 heteroatoms. The van der Waals surface area contributed by atoms with Crippen LogP contribution in [-0.2, 0) is 19.2 Å². The molecule has 24 heavy (non-hydrogen) atoms. The topological polar surface area (TPSA) is 149 Å². The van der Waals surface area contributed by atoms with Crippen LogP contribution < -0.4 is 0 Å². The lowest BCUT2D eigenvalue weighted by Gasteiger charge is -2.19. The molecule has 0 aromatic rings. The first-order valence-corrected chi connectivity index (χ1v) is 7.50. The van der Waals surface area contributed by atoms with E-state index in [0.29, 0.717) is 25.7 Å². The van der Waals surface area contributed by atoms with Crippen molar-refractivity contribution in [2.75, 3.05) is 0 Å². The van der Waals surface area contributed by atoms with Crippen molar-refractivity contribution in [2.45, 2.75) is 25.7 Å². The molecule has 132 valence electrons. The molecule has 2 rings (SSSR count). The van der Waals surface area contributed by atoms with Crippen LogP contribution in [0.15, 0.2) is 24.3 Å². The Kier molecular flexibility index (Phi) is 7.16. The first-order chi connectivity index (χ1) is 11.3. The molecule has 0 saturated heterocycles. The van der Waals surface area contributed by atoms with Crippen LogP contribution in [0.1, 0.15) is 25.7 Å². The van der Waals surface area contributed by atoms with Crippen molar-refractivity contribution in [3.05, 3.63) is 24.3 Å².